The van der Waals surface area contributed by atoms with Gasteiger partial charge in [0.1, 0.15) is 17.1 Å². The van der Waals surface area contributed by atoms with Crippen molar-refractivity contribution in [3.8, 4) is 0 Å². The van der Waals surface area contributed by atoms with Gasteiger partial charge >= 0.3 is 12.1 Å². The number of amides is 2. The molecule has 1 aromatic heterocycles. The minimum atomic E-state index is -2.15. The molecule has 2 N–H and O–H groups in total. The van der Waals surface area contributed by atoms with Gasteiger partial charge in [-0.15, -0.1) is 4.72 Å². The van der Waals surface area contributed by atoms with E-state index in [9.17, 15) is 23.3 Å². The average Bonchev–Trinajstić information content (AvgIpc) is 3.14. The number of anilines is 1. The Labute approximate surface area is 229 Å². The van der Waals surface area contributed by atoms with Crippen LogP contribution in [0.15, 0.2) is 29.3 Å². The topological polar surface area (TPSA) is 125 Å². The van der Waals surface area contributed by atoms with Gasteiger partial charge in [-0.25, -0.2) is 9.18 Å². The maximum absolute atomic E-state index is 15.4. The first-order valence-electron chi connectivity index (χ1n) is 12.5. The number of benzene rings is 1. The van der Waals surface area contributed by atoms with E-state index in [-0.39, 0.29) is 42.4 Å². The second-order valence-electron chi connectivity index (χ2n) is 10.3. The van der Waals surface area contributed by atoms with Gasteiger partial charge in [0, 0.05) is 25.8 Å². The molecule has 1 fully saturated rings. The van der Waals surface area contributed by atoms with Crippen molar-refractivity contribution in [3.05, 3.63) is 47.3 Å². The summed E-state index contributed by atoms with van der Waals surface area (Å²) in [4.78, 5) is 39.2. The fourth-order valence-corrected chi connectivity index (χ4v) is 5.34. The molecule has 3 unspecified atom stereocenters. The number of piperidine rings is 1. The summed E-state index contributed by atoms with van der Waals surface area (Å²) < 4.78 is 56.7. The smallest absolute Gasteiger partial charge is 0.410 e. The summed E-state index contributed by atoms with van der Waals surface area (Å²) in [5.74, 6) is -3.73. The number of hydrogen-bond acceptors (Lipinski definition) is 7. The molecule has 13 heteroatoms. The van der Waals surface area contributed by atoms with Crippen molar-refractivity contribution < 1.29 is 37.2 Å². The van der Waals surface area contributed by atoms with Crippen LogP contribution in [-0.2, 0) is 32.7 Å². The number of esters is 1. The lowest BCUT2D eigenvalue weighted by Crippen LogP contribution is -2.55. The highest BCUT2D eigenvalue weighted by molar-refractivity contribution is 7.89. The number of likely N-dealkylation sites (tertiary alicyclic amines) is 1. The van der Waals surface area contributed by atoms with E-state index in [1.165, 1.54) is 47.8 Å². The number of hydrogen-bond donors (Lipinski definition) is 2. The Hall–Kier alpha value is -3.16. The van der Waals surface area contributed by atoms with Gasteiger partial charge < -0.3 is 28.8 Å². The minimum Gasteiger partial charge on any atom is -0.593 e. The summed E-state index contributed by atoms with van der Waals surface area (Å²) in [5, 5.41) is 2.51. The lowest BCUT2D eigenvalue weighted by Gasteiger charge is -2.37. The second-order valence-corrected chi connectivity index (χ2v) is 11.5. The fraction of sp³-hybridized carbons (Fsp3) is 0.500. The number of carbonyl (C=O) groups excluding carboxylic acids is 3. The number of nitrogens with zero attached hydrogens (tertiary/aromatic N) is 2. The first-order chi connectivity index (χ1) is 18.2. The van der Waals surface area contributed by atoms with Gasteiger partial charge in [0.05, 0.1) is 36.1 Å². The summed E-state index contributed by atoms with van der Waals surface area (Å²) in [6.07, 6.45) is 0.857. The van der Waals surface area contributed by atoms with Crippen molar-refractivity contribution in [1.82, 2.24) is 14.2 Å². The summed E-state index contributed by atoms with van der Waals surface area (Å²) in [6, 6.07) is 3.24. The van der Waals surface area contributed by atoms with Crippen LogP contribution in [0.3, 0.4) is 0 Å². The molecule has 1 aromatic carbocycles. The molecule has 39 heavy (non-hydrogen) atoms. The molecule has 214 valence electrons. The number of aromatic nitrogens is 1. The SMILES string of the molecule is CCOC(=O)C1CN(C(=O)OC(C)(C)C)CCC1N[S+]([O-])c1cn(C)c(C(=O)Nc2ccc(F)c(C)c2)c1F. The van der Waals surface area contributed by atoms with Crippen molar-refractivity contribution in [2.45, 2.75) is 57.6 Å². The highest BCUT2D eigenvalue weighted by Crippen LogP contribution is 2.26. The minimum absolute atomic E-state index is 0.0371. The van der Waals surface area contributed by atoms with E-state index in [0.717, 1.165) is 0 Å². The number of rotatable bonds is 7. The molecule has 1 aliphatic heterocycles. The van der Waals surface area contributed by atoms with E-state index in [1.807, 2.05) is 0 Å². The monoisotopic (exact) mass is 568 g/mol. The van der Waals surface area contributed by atoms with E-state index in [1.54, 1.807) is 27.7 Å². The maximum atomic E-state index is 15.4. The van der Waals surface area contributed by atoms with Crippen molar-refractivity contribution in [3.63, 3.8) is 0 Å². The molecule has 2 aromatic rings. The quantitative estimate of drug-likeness (QED) is 0.386. The highest BCUT2D eigenvalue weighted by Gasteiger charge is 2.41. The standard InChI is InChI=1S/C26H34F2N4O6S/c1-7-37-24(34)17-13-32(25(35)38-26(3,4)5)11-10-19(17)30-39(36)20-14-31(6)22(21(20)28)23(33)29-16-8-9-18(27)15(2)12-16/h8-9,12,14,17,19,30H,7,10-11,13H2,1-6H3,(H,29,33). The van der Waals surface area contributed by atoms with Gasteiger partial charge in [0.25, 0.3) is 5.91 Å². The zero-order valence-electron chi connectivity index (χ0n) is 22.8. The normalized spacial score (nSPS) is 18.4. The van der Waals surface area contributed by atoms with E-state index < -0.39 is 58.5 Å². The highest BCUT2D eigenvalue weighted by atomic mass is 32.2. The summed E-state index contributed by atoms with van der Waals surface area (Å²) >= 11 is -2.15. The molecular formula is C26H34F2N4O6S. The Morgan fingerprint density at radius 3 is 2.54 bits per heavy atom. The maximum Gasteiger partial charge on any atom is 0.410 e. The number of halogens is 2. The lowest BCUT2D eigenvalue weighted by molar-refractivity contribution is -0.150. The molecule has 0 bridgehead atoms. The molecule has 0 spiro atoms. The van der Waals surface area contributed by atoms with Crippen molar-refractivity contribution in [2.75, 3.05) is 25.0 Å². The van der Waals surface area contributed by atoms with E-state index in [0.29, 0.717) is 5.56 Å². The third kappa shape index (κ3) is 7.49. The Bertz CT molecular complexity index is 1230. The van der Waals surface area contributed by atoms with Gasteiger partial charge in [-0.1, -0.05) is 0 Å². The molecule has 3 rings (SSSR count). The molecule has 2 amide bonds. The Morgan fingerprint density at radius 2 is 1.92 bits per heavy atom. The van der Waals surface area contributed by atoms with Crippen LogP contribution in [0, 0.1) is 24.5 Å². The Morgan fingerprint density at radius 1 is 1.23 bits per heavy atom. The molecular weight excluding hydrogens is 534 g/mol. The molecule has 0 aliphatic carbocycles. The zero-order valence-corrected chi connectivity index (χ0v) is 23.6. The van der Waals surface area contributed by atoms with Crippen LogP contribution in [0.4, 0.5) is 19.3 Å². The predicted molar refractivity (Wildman–Crippen MR) is 140 cm³/mol. The number of nitrogens with one attached hydrogen (secondary N) is 2. The third-order valence-electron chi connectivity index (χ3n) is 6.03. The molecule has 1 aliphatic rings. The summed E-state index contributed by atoms with van der Waals surface area (Å²) in [6.45, 7) is 8.65. The molecule has 3 atom stereocenters. The molecule has 2 heterocycles. The summed E-state index contributed by atoms with van der Waals surface area (Å²) in [7, 11) is 1.43. The fourth-order valence-electron chi connectivity index (χ4n) is 4.14. The Kier molecular flexibility index (Phi) is 9.62. The van der Waals surface area contributed by atoms with Gasteiger partial charge in [0.15, 0.2) is 0 Å². The third-order valence-corrected chi connectivity index (χ3v) is 7.23. The largest absolute Gasteiger partial charge is 0.593 e. The average molecular weight is 569 g/mol. The molecule has 0 saturated carbocycles. The second kappa shape index (κ2) is 12.3. The summed E-state index contributed by atoms with van der Waals surface area (Å²) in [5.41, 5.74) is -0.518. The number of carbonyl (C=O) groups is 3. The first kappa shape index (κ1) is 30.4. The van der Waals surface area contributed by atoms with Crippen molar-refractivity contribution >= 4 is 35.0 Å². The van der Waals surface area contributed by atoms with Crippen LogP contribution in [0.1, 0.15) is 50.2 Å². The lowest BCUT2D eigenvalue weighted by atomic mass is 9.93. The first-order valence-corrected chi connectivity index (χ1v) is 13.6. The van der Waals surface area contributed by atoms with Gasteiger partial charge in [-0.3, -0.25) is 9.59 Å². The molecule has 10 nitrogen and oxygen atoms in total. The van der Waals surface area contributed by atoms with Crippen molar-refractivity contribution in [2.24, 2.45) is 13.0 Å². The van der Waals surface area contributed by atoms with Crippen LogP contribution >= 0.6 is 0 Å². The molecule has 0 radical (unpaired) electrons. The van der Waals surface area contributed by atoms with E-state index in [4.69, 9.17) is 9.47 Å². The molecule has 1 saturated heterocycles. The van der Waals surface area contributed by atoms with Gasteiger partial charge in [-0.05, 0) is 64.8 Å². The van der Waals surface area contributed by atoms with E-state index >= 15 is 4.39 Å². The van der Waals surface area contributed by atoms with Crippen LogP contribution in [0.5, 0.6) is 0 Å². The van der Waals surface area contributed by atoms with Crippen molar-refractivity contribution in [1.29, 1.82) is 0 Å². The van der Waals surface area contributed by atoms with Gasteiger partial charge in [0.2, 0.25) is 10.7 Å². The van der Waals surface area contributed by atoms with E-state index in [2.05, 4.69) is 10.0 Å². The van der Waals surface area contributed by atoms with Crippen LogP contribution < -0.4 is 10.0 Å². The predicted octanol–water partition coefficient (Wildman–Crippen LogP) is 3.66. The number of ether oxygens (including phenoxy) is 2. The zero-order chi connectivity index (χ0) is 29.1. The number of aryl methyl sites for hydroxylation is 2. The Balaban J connectivity index is 1.76. The van der Waals surface area contributed by atoms with Gasteiger partial charge in [-0.2, -0.15) is 4.39 Å². The van der Waals surface area contributed by atoms with Crippen LogP contribution in [-0.4, -0.2) is 63.3 Å². The van der Waals surface area contributed by atoms with Crippen LogP contribution in [0.2, 0.25) is 0 Å². The van der Waals surface area contributed by atoms with Crippen LogP contribution in [0.25, 0.3) is 0 Å².